The molecule has 66 valence electrons. The summed E-state index contributed by atoms with van der Waals surface area (Å²) in [6, 6.07) is 9.91. The number of likely N-dealkylation sites (N-methyl/N-ethyl adjacent to an activating group) is 1. The van der Waals surface area contributed by atoms with Gasteiger partial charge >= 0.3 is 0 Å². The van der Waals surface area contributed by atoms with E-state index in [1.54, 1.807) is 4.90 Å². The van der Waals surface area contributed by atoms with Crippen molar-refractivity contribution >= 4 is 12.0 Å². The number of nitrogens with zero attached hydrogens (tertiary/aromatic N) is 1. The van der Waals surface area contributed by atoms with Gasteiger partial charge in [-0.15, -0.1) is 0 Å². The number of hydrogen-bond donors (Lipinski definition) is 0. The highest BCUT2D eigenvalue weighted by atomic mass is 16.2. The SMILES string of the molecule is CN1C/C(=C/c2ccccc2)C1=O. The van der Waals surface area contributed by atoms with Crippen LogP contribution in [-0.4, -0.2) is 24.4 Å². The van der Waals surface area contributed by atoms with Crippen LogP contribution in [0, 0.1) is 0 Å². The minimum Gasteiger partial charge on any atom is -0.337 e. The van der Waals surface area contributed by atoms with E-state index in [0.29, 0.717) is 0 Å². The van der Waals surface area contributed by atoms with Crippen LogP contribution >= 0.6 is 0 Å². The molecule has 0 bridgehead atoms. The van der Waals surface area contributed by atoms with E-state index in [0.717, 1.165) is 17.7 Å². The summed E-state index contributed by atoms with van der Waals surface area (Å²) in [5, 5.41) is 0. The summed E-state index contributed by atoms with van der Waals surface area (Å²) in [5.74, 6) is 0.142. The number of rotatable bonds is 1. The number of hydrogen-bond acceptors (Lipinski definition) is 1. The molecule has 1 aromatic carbocycles. The molecule has 1 fully saturated rings. The zero-order valence-corrected chi connectivity index (χ0v) is 7.53. The van der Waals surface area contributed by atoms with Gasteiger partial charge in [-0.25, -0.2) is 0 Å². The largest absolute Gasteiger partial charge is 0.337 e. The summed E-state index contributed by atoms with van der Waals surface area (Å²) in [4.78, 5) is 12.9. The van der Waals surface area contributed by atoms with E-state index < -0.39 is 0 Å². The molecule has 1 heterocycles. The maximum absolute atomic E-state index is 11.2. The summed E-state index contributed by atoms with van der Waals surface area (Å²) in [7, 11) is 1.81. The Morgan fingerprint density at radius 3 is 2.54 bits per heavy atom. The molecule has 1 amide bonds. The fourth-order valence-corrected chi connectivity index (χ4v) is 1.41. The van der Waals surface area contributed by atoms with Gasteiger partial charge in [0.1, 0.15) is 0 Å². The van der Waals surface area contributed by atoms with Gasteiger partial charge in [-0.1, -0.05) is 30.3 Å². The molecule has 1 aromatic rings. The Kier molecular flexibility index (Phi) is 1.89. The third-order valence-electron chi connectivity index (χ3n) is 2.17. The first-order valence-corrected chi connectivity index (χ1v) is 4.28. The Balaban J connectivity index is 2.19. The van der Waals surface area contributed by atoms with Gasteiger partial charge in [0.05, 0.1) is 6.54 Å². The molecule has 0 spiro atoms. The van der Waals surface area contributed by atoms with E-state index in [1.807, 2.05) is 43.5 Å². The number of benzene rings is 1. The Hall–Kier alpha value is -1.57. The number of carbonyl (C=O) groups is 1. The molecular weight excluding hydrogens is 162 g/mol. The van der Waals surface area contributed by atoms with Crippen LogP contribution in [0.3, 0.4) is 0 Å². The molecule has 0 saturated carbocycles. The van der Waals surface area contributed by atoms with Crippen LogP contribution in [-0.2, 0) is 4.79 Å². The molecule has 0 N–H and O–H groups in total. The van der Waals surface area contributed by atoms with Gasteiger partial charge in [0.25, 0.3) is 5.91 Å². The molecule has 13 heavy (non-hydrogen) atoms. The van der Waals surface area contributed by atoms with Gasteiger partial charge in [-0.3, -0.25) is 4.79 Å². The van der Waals surface area contributed by atoms with Crippen LogP contribution in [0.25, 0.3) is 6.08 Å². The van der Waals surface area contributed by atoms with Crippen LogP contribution in [0.5, 0.6) is 0 Å². The lowest BCUT2D eigenvalue weighted by Crippen LogP contribution is -2.42. The van der Waals surface area contributed by atoms with Crippen molar-refractivity contribution < 1.29 is 4.79 Å². The van der Waals surface area contributed by atoms with Gasteiger partial charge in [-0.05, 0) is 11.6 Å². The fraction of sp³-hybridized carbons (Fsp3) is 0.182. The van der Waals surface area contributed by atoms with E-state index >= 15 is 0 Å². The van der Waals surface area contributed by atoms with Crippen molar-refractivity contribution in [1.29, 1.82) is 0 Å². The van der Waals surface area contributed by atoms with Crippen LogP contribution < -0.4 is 0 Å². The maximum atomic E-state index is 11.2. The minimum absolute atomic E-state index is 0.142. The quantitative estimate of drug-likeness (QED) is 0.466. The summed E-state index contributed by atoms with van der Waals surface area (Å²) < 4.78 is 0. The Bertz CT molecular complexity index is 354. The minimum atomic E-state index is 0.142. The summed E-state index contributed by atoms with van der Waals surface area (Å²) in [5.41, 5.74) is 1.99. The molecule has 1 aliphatic heterocycles. The van der Waals surface area contributed by atoms with E-state index in [4.69, 9.17) is 0 Å². The Labute approximate surface area is 77.5 Å². The summed E-state index contributed by atoms with van der Waals surface area (Å²) in [6.07, 6.45) is 1.95. The molecule has 0 aliphatic carbocycles. The Morgan fingerprint density at radius 2 is 2.00 bits per heavy atom. The second-order valence-corrected chi connectivity index (χ2v) is 3.24. The number of carbonyl (C=O) groups excluding carboxylic acids is 1. The van der Waals surface area contributed by atoms with Crippen LogP contribution in [0.1, 0.15) is 5.56 Å². The topological polar surface area (TPSA) is 20.3 Å². The zero-order valence-electron chi connectivity index (χ0n) is 7.53. The monoisotopic (exact) mass is 173 g/mol. The van der Waals surface area contributed by atoms with Crippen molar-refractivity contribution in [2.45, 2.75) is 0 Å². The maximum Gasteiger partial charge on any atom is 0.251 e. The highest BCUT2D eigenvalue weighted by molar-refractivity contribution is 6.03. The average molecular weight is 173 g/mol. The van der Waals surface area contributed by atoms with Gasteiger partial charge in [0.15, 0.2) is 0 Å². The van der Waals surface area contributed by atoms with Crippen LogP contribution in [0.4, 0.5) is 0 Å². The molecule has 2 rings (SSSR count). The molecule has 2 heteroatoms. The first-order chi connectivity index (χ1) is 6.27. The summed E-state index contributed by atoms with van der Waals surface area (Å²) >= 11 is 0. The number of amides is 1. The van der Waals surface area contributed by atoms with Crippen molar-refractivity contribution in [2.24, 2.45) is 0 Å². The first kappa shape index (κ1) is 8.05. The molecule has 0 atom stereocenters. The van der Waals surface area contributed by atoms with Crippen molar-refractivity contribution in [3.05, 3.63) is 41.5 Å². The van der Waals surface area contributed by atoms with E-state index in [1.165, 1.54) is 0 Å². The third kappa shape index (κ3) is 1.47. The van der Waals surface area contributed by atoms with Crippen LogP contribution in [0.15, 0.2) is 35.9 Å². The highest BCUT2D eigenvalue weighted by Gasteiger charge is 2.25. The molecule has 0 aromatic heterocycles. The number of β-lactam (4-membered cyclic amide) rings is 1. The van der Waals surface area contributed by atoms with Gasteiger partial charge in [0.2, 0.25) is 0 Å². The van der Waals surface area contributed by atoms with E-state index in [-0.39, 0.29) is 5.91 Å². The second-order valence-electron chi connectivity index (χ2n) is 3.24. The lowest BCUT2D eigenvalue weighted by Gasteiger charge is -2.29. The van der Waals surface area contributed by atoms with Crippen molar-refractivity contribution in [3.63, 3.8) is 0 Å². The molecule has 1 saturated heterocycles. The molecule has 0 radical (unpaired) electrons. The third-order valence-corrected chi connectivity index (χ3v) is 2.17. The zero-order chi connectivity index (χ0) is 9.26. The van der Waals surface area contributed by atoms with Crippen LogP contribution in [0.2, 0.25) is 0 Å². The van der Waals surface area contributed by atoms with Gasteiger partial charge < -0.3 is 4.90 Å². The highest BCUT2D eigenvalue weighted by Crippen LogP contribution is 2.17. The standard InChI is InChI=1S/C11H11NO/c1-12-8-10(11(12)13)7-9-5-3-2-4-6-9/h2-7H,8H2,1H3/b10-7-. The van der Waals surface area contributed by atoms with Crippen molar-refractivity contribution in [2.75, 3.05) is 13.6 Å². The average Bonchev–Trinajstić information content (AvgIpc) is 2.19. The van der Waals surface area contributed by atoms with Crippen molar-refractivity contribution in [1.82, 2.24) is 4.90 Å². The second kappa shape index (κ2) is 3.05. The van der Waals surface area contributed by atoms with Gasteiger partial charge in [0, 0.05) is 12.6 Å². The van der Waals surface area contributed by atoms with Gasteiger partial charge in [-0.2, -0.15) is 0 Å². The molecule has 2 nitrogen and oxygen atoms in total. The Morgan fingerprint density at radius 1 is 1.31 bits per heavy atom. The van der Waals surface area contributed by atoms with E-state index in [9.17, 15) is 4.79 Å². The molecular formula is C11H11NO. The normalized spacial score (nSPS) is 19.0. The molecule has 1 aliphatic rings. The lowest BCUT2D eigenvalue weighted by molar-refractivity contribution is -0.130. The summed E-state index contributed by atoms with van der Waals surface area (Å²) in [6.45, 7) is 0.772. The fourth-order valence-electron chi connectivity index (χ4n) is 1.41. The van der Waals surface area contributed by atoms with Crippen molar-refractivity contribution in [3.8, 4) is 0 Å². The van der Waals surface area contributed by atoms with E-state index in [2.05, 4.69) is 0 Å². The number of likely N-dealkylation sites (tertiary alicyclic amines) is 1. The smallest absolute Gasteiger partial charge is 0.251 e. The predicted molar refractivity (Wildman–Crippen MR) is 52.1 cm³/mol. The lowest BCUT2D eigenvalue weighted by atomic mass is 10.0. The first-order valence-electron chi connectivity index (χ1n) is 4.28. The predicted octanol–water partition coefficient (Wildman–Crippen LogP) is 1.54. The molecule has 0 unspecified atom stereocenters.